The summed E-state index contributed by atoms with van der Waals surface area (Å²) in [4.78, 5) is 34.3. The molecular weight excluding hydrogens is 557 g/mol. The van der Waals surface area contributed by atoms with E-state index in [0.29, 0.717) is 31.7 Å². The molecule has 3 aromatic rings. The third-order valence-corrected chi connectivity index (χ3v) is 9.05. The molecule has 3 aliphatic rings. The van der Waals surface area contributed by atoms with Crippen molar-refractivity contribution in [3.63, 3.8) is 0 Å². The standard InChI is InChI=1S/C34H40FN7O2/c1-22-8-6-9-25-10-7-11-30(31(22)25)40-15-14-28-29(21-40)37-34(44-23(2)19-39(5)26-12-13-26)38-32(28)41-16-17-42(33(43)24(3)35)27(20-41)18-36-4/h6-11,23,26-27H,3,12-21H2,1-2,5H3/t23-,27+/m1/s1. The van der Waals surface area contributed by atoms with Gasteiger partial charge in [0.15, 0.2) is 5.83 Å². The van der Waals surface area contributed by atoms with E-state index in [1.54, 1.807) is 0 Å². The number of carbonyl (C=O) groups excluding carboxylic acids is 1. The summed E-state index contributed by atoms with van der Waals surface area (Å²) in [7, 11) is 2.13. The molecule has 3 heterocycles. The Morgan fingerprint density at radius 1 is 1.18 bits per heavy atom. The molecule has 2 aromatic carbocycles. The Morgan fingerprint density at radius 2 is 1.95 bits per heavy atom. The molecule has 10 heteroatoms. The van der Waals surface area contributed by atoms with Gasteiger partial charge >= 0.3 is 6.01 Å². The summed E-state index contributed by atoms with van der Waals surface area (Å²) >= 11 is 0. The van der Waals surface area contributed by atoms with Crippen LogP contribution in [0.2, 0.25) is 0 Å². The molecule has 230 valence electrons. The Labute approximate surface area is 258 Å². The molecule has 9 nitrogen and oxygen atoms in total. The highest BCUT2D eigenvalue weighted by atomic mass is 19.1. The van der Waals surface area contributed by atoms with Crippen molar-refractivity contribution in [2.75, 3.05) is 56.1 Å². The first kappa shape index (κ1) is 29.8. The molecule has 1 saturated heterocycles. The molecular formula is C34H40FN7O2. The number of carbonyl (C=O) groups is 1. The van der Waals surface area contributed by atoms with Gasteiger partial charge in [-0.25, -0.2) is 11.0 Å². The number of ether oxygens (including phenoxy) is 1. The molecule has 1 amide bonds. The summed E-state index contributed by atoms with van der Waals surface area (Å²) in [5.41, 5.74) is 4.40. The Kier molecular flexibility index (Phi) is 8.41. The average molecular weight is 598 g/mol. The molecule has 2 fully saturated rings. The van der Waals surface area contributed by atoms with Crippen molar-refractivity contribution < 1.29 is 13.9 Å². The van der Waals surface area contributed by atoms with E-state index in [0.717, 1.165) is 36.6 Å². The Morgan fingerprint density at radius 3 is 2.68 bits per heavy atom. The van der Waals surface area contributed by atoms with Gasteiger partial charge < -0.3 is 24.3 Å². The molecule has 0 bridgehead atoms. The molecule has 1 aromatic heterocycles. The zero-order valence-corrected chi connectivity index (χ0v) is 25.8. The van der Waals surface area contributed by atoms with Crippen LogP contribution in [-0.4, -0.2) is 90.2 Å². The molecule has 0 unspecified atom stereocenters. The summed E-state index contributed by atoms with van der Waals surface area (Å²) in [6.07, 6.45) is 3.08. The zero-order chi connectivity index (χ0) is 31.0. The van der Waals surface area contributed by atoms with Gasteiger partial charge in [-0.2, -0.15) is 9.97 Å². The molecule has 44 heavy (non-hydrogen) atoms. The average Bonchev–Trinajstić information content (AvgIpc) is 3.86. The number of hydrogen-bond acceptors (Lipinski definition) is 7. The number of amides is 1. The Bertz CT molecular complexity index is 1610. The Balaban J connectivity index is 1.33. The number of piperazine rings is 1. The van der Waals surface area contributed by atoms with Crippen LogP contribution >= 0.6 is 0 Å². The summed E-state index contributed by atoms with van der Waals surface area (Å²) < 4.78 is 20.2. The van der Waals surface area contributed by atoms with Gasteiger partial charge in [0.1, 0.15) is 18.0 Å². The van der Waals surface area contributed by atoms with Gasteiger partial charge in [0.2, 0.25) is 6.54 Å². The number of fused-ring (bicyclic) bond motifs is 2. The molecule has 0 spiro atoms. The second-order valence-electron chi connectivity index (χ2n) is 12.3. The molecule has 2 aliphatic heterocycles. The van der Waals surface area contributed by atoms with E-state index in [1.165, 1.54) is 39.8 Å². The minimum Gasteiger partial charge on any atom is -0.459 e. The fourth-order valence-electron chi connectivity index (χ4n) is 6.70. The van der Waals surface area contributed by atoms with E-state index in [2.05, 4.69) is 76.5 Å². The summed E-state index contributed by atoms with van der Waals surface area (Å²) in [6, 6.07) is 13.3. The summed E-state index contributed by atoms with van der Waals surface area (Å²) in [6.45, 7) is 18.2. The first-order chi connectivity index (χ1) is 21.2. The number of halogens is 1. The fourth-order valence-corrected chi connectivity index (χ4v) is 6.70. The largest absolute Gasteiger partial charge is 0.459 e. The number of benzene rings is 2. The van der Waals surface area contributed by atoms with Gasteiger partial charge in [-0.15, -0.1) is 0 Å². The molecule has 1 aliphatic carbocycles. The van der Waals surface area contributed by atoms with Crippen molar-refractivity contribution in [1.29, 1.82) is 0 Å². The fraction of sp³-hybridized carbons (Fsp3) is 0.471. The number of hydrogen-bond donors (Lipinski definition) is 0. The maximum Gasteiger partial charge on any atom is 0.318 e. The minimum atomic E-state index is -1.00. The van der Waals surface area contributed by atoms with E-state index in [9.17, 15) is 9.18 Å². The third kappa shape index (κ3) is 6.06. The second-order valence-corrected chi connectivity index (χ2v) is 12.3. The van der Waals surface area contributed by atoms with Crippen LogP contribution in [0.25, 0.3) is 15.6 Å². The van der Waals surface area contributed by atoms with Crippen molar-refractivity contribution in [2.45, 2.75) is 57.8 Å². The van der Waals surface area contributed by atoms with Gasteiger partial charge in [-0.05, 0) is 57.2 Å². The van der Waals surface area contributed by atoms with E-state index < -0.39 is 17.8 Å². The van der Waals surface area contributed by atoms with Crippen LogP contribution in [0.1, 0.15) is 36.6 Å². The number of aromatic nitrogens is 2. The van der Waals surface area contributed by atoms with Gasteiger partial charge in [-0.3, -0.25) is 9.69 Å². The highest BCUT2D eigenvalue weighted by molar-refractivity contribution is 5.97. The van der Waals surface area contributed by atoms with Crippen molar-refractivity contribution >= 4 is 28.2 Å². The maximum absolute atomic E-state index is 13.8. The quantitative estimate of drug-likeness (QED) is 0.260. The van der Waals surface area contributed by atoms with E-state index in [1.807, 2.05) is 6.92 Å². The zero-order valence-electron chi connectivity index (χ0n) is 25.8. The lowest BCUT2D eigenvalue weighted by molar-refractivity contribution is -0.131. The lowest BCUT2D eigenvalue weighted by Crippen LogP contribution is -2.57. The van der Waals surface area contributed by atoms with Crippen molar-refractivity contribution in [2.24, 2.45) is 0 Å². The topological polar surface area (TPSA) is 69.4 Å². The highest BCUT2D eigenvalue weighted by Crippen LogP contribution is 2.36. The molecule has 0 N–H and O–H groups in total. The van der Waals surface area contributed by atoms with Crippen LogP contribution in [0.5, 0.6) is 6.01 Å². The van der Waals surface area contributed by atoms with Gasteiger partial charge in [0, 0.05) is 55.4 Å². The maximum atomic E-state index is 13.8. The first-order valence-corrected chi connectivity index (χ1v) is 15.5. The predicted molar refractivity (Wildman–Crippen MR) is 171 cm³/mol. The second kappa shape index (κ2) is 12.4. The van der Waals surface area contributed by atoms with Crippen molar-refractivity contribution in [1.82, 2.24) is 19.8 Å². The number of aryl methyl sites for hydroxylation is 1. The lowest BCUT2D eigenvalue weighted by Gasteiger charge is -2.41. The van der Waals surface area contributed by atoms with E-state index >= 15 is 0 Å². The molecule has 1 saturated carbocycles. The number of anilines is 2. The minimum absolute atomic E-state index is 0.0743. The number of rotatable bonds is 9. The van der Waals surface area contributed by atoms with E-state index in [4.69, 9.17) is 21.3 Å². The van der Waals surface area contributed by atoms with Crippen molar-refractivity contribution in [3.8, 4) is 6.01 Å². The normalized spacial score (nSPS) is 19.1. The Hall–Kier alpha value is -4.23. The van der Waals surface area contributed by atoms with Crippen LogP contribution in [0.15, 0.2) is 48.8 Å². The monoisotopic (exact) mass is 597 g/mol. The summed E-state index contributed by atoms with van der Waals surface area (Å²) in [5, 5.41) is 2.46. The SMILES string of the molecule is [C-]#[N+]C[C@H]1CN(c2nc(O[C@H](C)CN(C)C3CC3)nc3c2CCN(c2cccc4cccc(C)c24)C3)CCN1C(=O)C(=C)F. The summed E-state index contributed by atoms with van der Waals surface area (Å²) in [5.74, 6) is -0.971. The number of likely N-dealkylation sites (N-methyl/N-ethyl adjacent to an activating group) is 1. The van der Waals surface area contributed by atoms with Crippen molar-refractivity contribution in [3.05, 3.63) is 77.0 Å². The van der Waals surface area contributed by atoms with Gasteiger partial charge in [0.25, 0.3) is 5.91 Å². The lowest BCUT2D eigenvalue weighted by atomic mass is 9.99. The van der Waals surface area contributed by atoms with Crippen LogP contribution < -0.4 is 14.5 Å². The number of nitrogens with zero attached hydrogens (tertiary/aromatic N) is 7. The molecule has 0 radical (unpaired) electrons. The van der Waals surface area contributed by atoms with Crippen LogP contribution in [0, 0.1) is 13.5 Å². The van der Waals surface area contributed by atoms with Crippen LogP contribution in [0.3, 0.4) is 0 Å². The highest BCUT2D eigenvalue weighted by Gasteiger charge is 2.36. The molecule has 2 atom stereocenters. The predicted octanol–water partition coefficient (Wildman–Crippen LogP) is 4.78. The van der Waals surface area contributed by atoms with Gasteiger partial charge in [0.05, 0.1) is 12.2 Å². The first-order valence-electron chi connectivity index (χ1n) is 15.5. The van der Waals surface area contributed by atoms with Crippen LogP contribution in [-0.2, 0) is 17.8 Å². The molecule has 6 rings (SSSR count). The smallest absolute Gasteiger partial charge is 0.318 e. The van der Waals surface area contributed by atoms with Gasteiger partial charge in [-0.1, -0.05) is 36.9 Å². The third-order valence-electron chi connectivity index (χ3n) is 9.05. The van der Waals surface area contributed by atoms with Crippen LogP contribution in [0.4, 0.5) is 15.9 Å². The van der Waals surface area contributed by atoms with E-state index in [-0.39, 0.29) is 19.2 Å².